The van der Waals surface area contributed by atoms with Crippen molar-refractivity contribution in [1.82, 2.24) is 24.7 Å². The topological polar surface area (TPSA) is 53.4 Å². The van der Waals surface area contributed by atoms with E-state index in [1.807, 2.05) is 24.3 Å². The highest BCUT2D eigenvalue weighted by Gasteiger charge is 2.43. The van der Waals surface area contributed by atoms with Gasteiger partial charge >= 0.3 is 6.03 Å². The number of imidazole rings is 1. The third kappa shape index (κ3) is 3.16. The minimum absolute atomic E-state index is 0.133. The molecule has 1 unspecified atom stereocenters. The first-order valence-corrected chi connectivity index (χ1v) is 9.44. The number of hydrogen-bond acceptors (Lipinski definition) is 3. The summed E-state index contributed by atoms with van der Waals surface area (Å²) in [5.74, 6) is 2.53. The maximum Gasteiger partial charge on any atom is 0.317 e. The van der Waals surface area contributed by atoms with Gasteiger partial charge in [0.25, 0.3) is 0 Å². The second-order valence-corrected chi connectivity index (χ2v) is 7.64. The minimum Gasteiger partial charge on any atom is -0.337 e. The van der Waals surface area contributed by atoms with Gasteiger partial charge in [0.15, 0.2) is 0 Å². The average Bonchev–Trinajstić information content (AvgIpc) is 3.51. The van der Waals surface area contributed by atoms with Crippen LogP contribution in [-0.2, 0) is 7.05 Å². The van der Waals surface area contributed by atoms with E-state index in [4.69, 9.17) is 0 Å². The molecule has 24 heavy (non-hydrogen) atoms. The molecule has 2 heterocycles. The molecule has 0 aromatic carbocycles. The van der Waals surface area contributed by atoms with Gasteiger partial charge in [0.05, 0.1) is 6.04 Å². The number of rotatable bonds is 5. The number of piperazine rings is 1. The van der Waals surface area contributed by atoms with E-state index in [0.29, 0.717) is 6.04 Å². The molecule has 1 atom stereocenters. The third-order valence-electron chi connectivity index (χ3n) is 5.89. The molecule has 132 valence electrons. The molecule has 3 aliphatic rings. The van der Waals surface area contributed by atoms with Crippen LogP contribution in [0.3, 0.4) is 0 Å². The molecule has 4 rings (SSSR count). The summed E-state index contributed by atoms with van der Waals surface area (Å²) in [6.07, 6.45) is 9.00. The molecule has 1 aromatic heterocycles. The van der Waals surface area contributed by atoms with Crippen LogP contribution < -0.4 is 5.32 Å². The van der Waals surface area contributed by atoms with Crippen LogP contribution in [0.2, 0.25) is 0 Å². The Bertz CT molecular complexity index is 580. The van der Waals surface area contributed by atoms with Crippen molar-refractivity contribution in [1.29, 1.82) is 0 Å². The predicted molar refractivity (Wildman–Crippen MR) is 92.5 cm³/mol. The van der Waals surface area contributed by atoms with E-state index < -0.39 is 0 Å². The number of likely N-dealkylation sites (N-methyl/N-ethyl adjacent to an activating group) is 1. The average molecular weight is 331 g/mol. The molecule has 3 fully saturated rings. The first-order valence-electron chi connectivity index (χ1n) is 9.44. The van der Waals surface area contributed by atoms with Crippen LogP contribution in [0.5, 0.6) is 0 Å². The molecule has 2 saturated carbocycles. The van der Waals surface area contributed by atoms with Gasteiger partial charge in [-0.1, -0.05) is 6.92 Å². The van der Waals surface area contributed by atoms with E-state index in [0.717, 1.165) is 43.8 Å². The Labute approximate surface area is 144 Å². The molecule has 1 aliphatic heterocycles. The number of aryl methyl sites for hydroxylation is 1. The number of carbonyl (C=O) groups is 1. The fraction of sp³-hybridized carbons (Fsp3) is 0.778. The van der Waals surface area contributed by atoms with Crippen LogP contribution in [0.25, 0.3) is 0 Å². The molecule has 6 nitrogen and oxygen atoms in total. The van der Waals surface area contributed by atoms with E-state index in [2.05, 4.69) is 26.7 Å². The monoisotopic (exact) mass is 331 g/mol. The fourth-order valence-electron chi connectivity index (χ4n) is 4.09. The van der Waals surface area contributed by atoms with E-state index >= 15 is 0 Å². The number of carbonyl (C=O) groups excluding carboxylic acids is 1. The van der Waals surface area contributed by atoms with Gasteiger partial charge in [0.1, 0.15) is 5.82 Å². The van der Waals surface area contributed by atoms with Crippen molar-refractivity contribution >= 4 is 6.03 Å². The first kappa shape index (κ1) is 15.9. The molecule has 1 N–H and O–H groups in total. The number of aromatic nitrogens is 2. The van der Waals surface area contributed by atoms with Crippen molar-refractivity contribution in [2.24, 2.45) is 18.9 Å². The predicted octanol–water partition coefficient (Wildman–Crippen LogP) is 2.00. The Morgan fingerprint density at radius 2 is 2.00 bits per heavy atom. The summed E-state index contributed by atoms with van der Waals surface area (Å²) in [6.45, 7) is 5.62. The van der Waals surface area contributed by atoms with Crippen LogP contribution in [-0.4, -0.2) is 57.6 Å². The van der Waals surface area contributed by atoms with Gasteiger partial charge in [-0.2, -0.15) is 0 Å². The van der Waals surface area contributed by atoms with Crippen molar-refractivity contribution in [3.63, 3.8) is 0 Å². The smallest absolute Gasteiger partial charge is 0.317 e. The van der Waals surface area contributed by atoms with Gasteiger partial charge in [-0.15, -0.1) is 0 Å². The van der Waals surface area contributed by atoms with Gasteiger partial charge in [-0.3, -0.25) is 4.90 Å². The molecule has 1 aromatic rings. The lowest BCUT2D eigenvalue weighted by Crippen LogP contribution is -2.55. The minimum atomic E-state index is 0.133. The highest BCUT2D eigenvalue weighted by Crippen LogP contribution is 2.44. The maximum atomic E-state index is 12.8. The lowest BCUT2D eigenvalue weighted by Gasteiger charge is -2.41. The lowest BCUT2D eigenvalue weighted by molar-refractivity contribution is 0.0860. The Morgan fingerprint density at radius 1 is 1.29 bits per heavy atom. The zero-order valence-corrected chi connectivity index (χ0v) is 14.8. The van der Waals surface area contributed by atoms with Crippen LogP contribution >= 0.6 is 0 Å². The summed E-state index contributed by atoms with van der Waals surface area (Å²) in [7, 11) is 2.03. The maximum absolute atomic E-state index is 12.8. The normalized spacial score (nSPS) is 25.3. The Morgan fingerprint density at radius 3 is 2.54 bits per heavy atom. The van der Waals surface area contributed by atoms with Crippen molar-refractivity contribution in [2.45, 2.75) is 44.7 Å². The summed E-state index contributed by atoms with van der Waals surface area (Å²) < 4.78 is 2.08. The highest BCUT2D eigenvalue weighted by atomic mass is 16.2. The van der Waals surface area contributed by atoms with E-state index in [1.165, 1.54) is 25.7 Å². The molecule has 1 saturated heterocycles. The van der Waals surface area contributed by atoms with Crippen LogP contribution in [0, 0.1) is 11.8 Å². The molecule has 2 aliphatic carbocycles. The van der Waals surface area contributed by atoms with Gasteiger partial charge in [-0.05, 0) is 44.1 Å². The summed E-state index contributed by atoms with van der Waals surface area (Å²) in [5.41, 5.74) is 0. The highest BCUT2D eigenvalue weighted by molar-refractivity contribution is 5.75. The van der Waals surface area contributed by atoms with Crippen molar-refractivity contribution in [2.75, 3.05) is 26.2 Å². The molecule has 2 amide bonds. The first-order chi connectivity index (χ1) is 11.7. The zero-order valence-electron chi connectivity index (χ0n) is 14.8. The van der Waals surface area contributed by atoms with Crippen molar-refractivity contribution in [3.8, 4) is 0 Å². The number of hydrogen-bond donors (Lipinski definition) is 1. The standard InChI is InChI=1S/C18H29N5O/c1-3-22-10-11-23(12-15(22)17-19-8-9-21(17)2)18(24)20-16(13-4-5-13)14-6-7-14/h8-9,13-16H,3-7,10-12H2,1-2H3,(H,20,24). The quantitative estimate of drug-likeness (QED) is 0.898. The molecule has 0 spiro atoms. The fourth-order valence-corrected chi connectivity index (χ4v) is 4.09. The van der Waals surface area contributed by atoms with Crippen molar-refractivity contribution in [3.05, 3.63) is 18.2 Å². The summed E-state index contributed by atoms with van der Waals surface area (Å²) in [4.78, 5) is 21.8. The van der Waals surface area contributed by atoms with E-state index in [1.54, 1.807) is 0 Å². The Hall–Kier alpha value is -1.56. The van der Waals surface area contributed by atoms with Crippen LogP contribution in [0.15, 0.2) is 12.4 Å². The molecular weight excluding hydrogens is 302 g/mol. The number of urea groups is 1. The summed E-state index contributed by atoms with van der Waals surface area (Å²) >= 11 is 0. The molecule has 0 radical (unpaired) electrons. The Kier molecular flexibility index (Phi) is 4.24. The second-order valence-electron chi connectivity index (χ2n) is 7.64. The molecular formula is C18H29N5O. The number of nitrogens with one attached hydrogen (secondary N) is 1. The summed E-state index contributed by atoms with van der Waals surface area (Å²) in [6, 6.07) is 0.747. The number of nitrogens with zero attached hydrogens (tertiary/aromatic N) is 4. The zero-order chi connectivity index (χ0) is 16.7. The summed E-state index contributed by atoms with van der Waals surface area (Å²) in [5, 5.41) is 3.37. The largest absolute Gasteiger partial charge is 0.337 e. The van der Waals surface area contributed by atoms with Crippen LogP contribution in [0.4, 0.5) is 4.79 Å². The Balaban J connectivity index is 1.43. The van der Waals surface area contributed by atoms with E-state index in [-0.39, 0.29) is 12.1 Å². The van der Waals surface area contributed by atoms with Gasteiger partial charge < -0.3 is 14.8 Å². The number of amides is 2. The van der Waals surface area contributed by atoms with Gasteiger partial charge in [-0.25, -0.2) is 9.78 Å². The SMILES string of the molecule is CCN1CCN(C(=O)NC(C2CC2)C2CC2)CC1c1nccn1C. The third-order valence-corrected chi connectivity index (χ3v) is 5.89. The molecule has 0 bridgehead atoms. The lowest BCUT2D eigenvalue weighted by atomic mass is 10.1. The van der Waals surface area contributed by atoms with Crippen molar-refractivity contribution < 1.29 is 4.79 Å². The molecule has 6 heteroatoms. The second kappa shape index (κ2) is 6.39. The van der Waals surface area contributed by atoms with Gasteiger partial charge in [0, 0.05) is 45.1 Å². The van der Waals surface area contributed by atoms with E-state index in [9.17, 15) is 4.79 Å². The van der Waals surface area contributed by atoms with Gasteiger partial charge in [0.2, 0.25) is 0 Å². The van der Waals surface area contributed by atoms with Crippen LogP contribution in [0.1, 0.15) is 44.5 Å².